The summed E-state index contributed by atoms with van der Waals surface area (Å²) in [5.41, 5.74) is 1.33. The van der Waals surface area contributed by atoms with Crippen LogP contribution < -0.4 is 10.6 Å². The van der Waals surface area contributed by atoms with Crippen LogP contribution in [0.5, 0.6) is 0 Å². The van der Waals surface area contributed by atoms with Crippen molar-refractivity contribution >= 4 is 39.1 Å². The molecular weight excluding hydrogens is 296 g/mol. The zero-order valence-electron chi connectivity index (χ0n) is 10.7. The fourth-order valence-corrected chi connectivity index (χ4v) is 1.30. The first kappa shape index (κ1) is 14.7. The van der Waals surface area contributed by atoms with E-state index < -0.39 is 4.32 Å². The molecule has 0 aliphatic rings. The van der Waals surface area contributed by atoms with Crippen LogP contribution in [0.15, 0.2) is 24.3 Å². The summed E-state index contributed by atoms with van der Waals surface area (Å²) < 4.78 is -0.629. The molecule has 1 rings (SSSR count). The summed E-state index contributed by atoms with van der Waals surface area (Å²) in [6.45, 7) is 5.32. The van der Waals surface area contributed by atoms with Gasteiger partial charge in [-0.2, -0.15) is 0 Å². The van der Waals surface area contributed by atoms with Gasteiger partial charge < -0.3 is 10.6 Å². The molecule has 0 radical (unpaired) electrons. The molecule has 0 aromatic heterocycles. The van der Waals surface area contributed by atoms with Crippen molar-refractivity contribution in [2.75, 3.05) is 10.6 Å². The van der Waals surface area contributed by atoms with Crippen LogP contribution in [0.3, 0.4) is 0 Å². The maximum atomic E-state index is 11.8. The van der Waals surface area contributed by atoms with E-state index >= 15 is 0 Å². The minimum Gasteiger partial charge on any atom is -0.326 e. The SMILES string of the molecule is CCC(=O)Nc1cccc(NC(=O)C(C)(C)Br)c1. The van der Waals surface area contributed by atoms with Crippen molar-refractivity contribution in [3.05, 3.63) is 24.3 Å². The lowest BCUT2D eigenvalue weighted by atomic mass is 10.2. The van der Waals surface area contributed by atoms with E-state index in [0.29, 0.717) is 17.8 Å². The Hall–Kier alpha value is -1.36. The first-order valence-corrected chi connectivity index (χ1v) is 6.52. The molecule has 98 valence electrons. The molecule has 1 aromatic rings. The van der Waals surface area contributed by atoms with Crippen LogP contribution in [0.4, 0.5) is 11.4 Å². The molecule has 0 heterocycles. The molecule has 1 aromatic carbocycles. The third kappa shape index (κ3) is 4.49. The quantitative estimate of drug-likeness (QED) is 0.839. The zero-order valence-corrected chi connectivity index (χ0v) is 12.3. The number of nitrogens with one attached hydrogen (secondary N) is 2. The van der Waals surface area contributed by atoms with E-state index in [-0.39, 0.29) is 11.8 Å². The molecule has 0 atom stereocenters. The lowest BCUT2D eigenvalue weighted by Crippen LogP contribution is -2.30. The van der Waals surface area contributed by atoms with E-state index in [1.165, 1.54) is 0 Å². The Kier molecular flexibility index (Phi) is 4.90. The first-order valence-electron chi connectivity index (χ1n) is 5.73. The van der Waals surface area contributed by atoms with E-state index in [1.807, 2.05) is 0 Å². The van der Waals surface area contributed by atoms with Crippen LogP contribution >= 0.6 is 15.9 Å². The summed E-state index contributed by atoms with van der Waals surface area (Å²) in [5, 5.41) is 5.52. The smallest absolute Gasteiger partial charge is 0.240 e. The molecule has 0 aliphatic carbocycles. The summed E-state index contributed by atoms with van der Waals surface area (Å²) in [5.74, 6) is -0.194. The summed E-state index contributed by atoms with van der Waals surface area (Å²) >= 11 is 3.29. The average molecular weight is 313 g/mol. The Morgan fingerprint density at radius 3 is 2.28 bits per heavy atom. The average Bonchev–Trinajstić information content (AvgIpc) is 2.28. The van der Waals surface area contributed by atoms with Crippen LogP contribution in [0, 0.1) is 0 Å². The number of halogens is 1. The maximum absolute atomic E-state index is 11.8. The number of hydrogen-bond acceptors (Lipinski definition) is 2. The summed E-state index contributed by atoms with van der Waals surface area (Å²) in [7, 11) is 0. The van der Waals surface area contributed by atoms with Gasteiger partial charge in [0.05, 0.1) is 4.32 Å². The van der Waals surface area contributed by atoms with E-state index in [1.54, 1.807) is 45.0 Å². The molecular formula is C13H17BrN2O2. The molecule has 0 unspecified atom stereocenters. The van der Waals surface area contributed by atoms with Crippen LogP contribution in [0.2, 0.25) is 0 Å². The molecule has 0 fully saturated rings. The van der Waals surface area contributed by atoms with Crippen molar-refractivity contribution < 1.29 is 9.59 Å². The second kappa shape index (κ2) is 6.00. The van der Waals surface area contributed by atoms with Crippen molar-refractivity contribution in [2.45, 2.75) is 31.5 Å². The van der Waals surface area contributed by atoms with Crippen LogP contribution in [0.25, 0.3) is 0 Å². The highest BCUT2D eigenvalue weighted by molar-refractivity contribution is 9.10. The van der Waals surface area contributed by atoms with Crippen LogP contribution in [-0.4, -0.2) is 16.1 Å². The molecule has 0 bridgehead atoms. The fourth-order valence-electron chi connectivity index (χ4n) is 1.20. The minimum absolute atomic E-state index is 0.0562. The number of alkyl halides is 1. The largest absolute Gasteiger partial charge is 0.326 e. The van der Waals surface area contributed by atoms with Gasteiger partial charge in [-0.25, -0.2) is 0 Å². The van der Waals surface area contributed by atoms with Gasteiger partial charge in [0.1, 0.15) is 0 Å². The third-order valence-electron chi connectivity index (χ3n) is 2.27. The fraction of sp³-hybridized carbons (Fsp3) is 0.385. The zero-order chi connectivity index (χ0) is 13.8. The molecule has 0 spiro atoms. The second-order valence-corrected chi connectivity index (χ2v) is 6.39. The molecule has 2 N–H and O–H groups in total. The van der Waals surface area contributed by atoms with Gasteiger partial charge in [-0.3, -0.25) is 9.59 Å². The molecule has 0 saturated heterocycles. The highest BCUT2D eigenvalue weighted by Crippen LogP contribution is 2.20. The van der Waals surface area contributed by atoms with Gasteiger partial charge in [-0.05, 0) is 32.0 Å². The number of rotatable bonds is 4. The number of benzene rings is 1. The van der Waals surface area contributed by atoms with Gasteiger partial charge >= 0.3 is 0 Å². The second-order valence-electron chi connectivity index (χ2n) is 4.41. The Morgan fingerprint density at radius 1 is 1.22 bits per heavy atom. The van der Waals surface area contributed by atoms with Gasteiger partial charge in [0, 0.05) is 17.8 Å². The van der Waals surface area contributed by atoms with E-state index in [2.05, 4.69) is 26.6 Å². The number of amides is 2. The normalized spacial score (nSPS) is 10.9. The van der Waals surface area contributed by atoms with Crippen molar-refractivity contribution in [1.82, 2.24) is 0 Å². The molecule has 18 heavy (non-hydrogen) atoms. The lowest BCUT2D eigenvalue weighted by molar-refractivity contribution is -0.117. The highest BCUT2D eigenvalue weighted by Gasteiger charge is 2.23. The number of hydrogen-bond donors (Lipinski definition) is 2. The molecule has 0 saturated carbocycles. The summed E-state index contributed by atoms with van der Waals surface area (Å²) in [6, 6.07) is 7.06. The van der Waals surface area contributed by atoms with Gasteiger partial charge in [-0.15, -0.1) is 0 Å². The maximum Gasteiger partial charge on any atom is 0.240 e. The molecule has 2 amide bonds. The Morgan fingerprint density at radius 2 is 1.78 bits per heavy atom. The minimum atomic E-state index is -0.629. The first-order chi connectivity index (χ1) is 8.32. The Bertz CT molecular complexity index is 453. The van der Waals surface area contributed by atoms with E-state index in [9.17, 15) is 9.59 Å². The van der Waals surface area contributed by atoms with Gasteiger partial charge in [0.15, 0.2) is 0 Å². The van der Waals surface area contributed by atoms with E-state index in [4.69, 9.17) is 0 Å². The summed E-state index contributed by atoms with van der Waals surface area (Å²) in [4.78, 5) is 23.0. The molecule has 0 aliphatic heterocycles. The van der Waals surface area contributed by atoms with Crippen molar-refractivity contribution in [3.8, 4) is 0 Å². The topological polar surface area (TPSA) is 58.2 Å². The van der Waals surface area contributed by atoms with Crippen molar-refractivity contribution in [1.29, 1.82) is 0 Å². The highest BCUT2D eigenvalue weighted by atomic mass is 79.9. The van der Waals surface area contributed by atoms with Gasteiger partial charge in [-0.1, -0.05) is 28.9 Å². The van der Waals surface area contributed by atoms with Crippen molar-refractivity contribution in [3.63, 3.8) is 0 Å². The van der Waals surface area contributed by atoms with Crippen LogP contribution in [0.1, 0.15) is 27.2 Å². The lowest BCUT2D eigenvalue weighted by Gasteiger charge is -2.16. The Balaban J connectivity index is 2.77. The number of carbonyl (C=O) groups excluding carboxylic acids is 2. The number of carbonyl (C=O) groups is 2. The standard InChI is InChI=1S/C13H17BrN2O2/c1-4-11(17)15-9-6-5-7-10(8-9)16-12(18)13(2,3)14/h5-8H,4H2,1-3H3,(H,15,17)(H,16,18). The predicted molar refractivity (Wildman–Crippen MR) is 77.0 cm³/mol. The van der Waals surface area contributed by atoms with Crippen molar-refractivity contribution in [2.24, 2.45) is 0 Å². The monoisotopic (exact) mass is 312 g/mol. The number of anilines is 2. The van der Waals surface area contributed by atoms with Gasteiger partial charge in [0.25, 0.3) is 0 Å². The van der Waals surface area contributed by atoms with Crippen LogP contribution in [-0.2, 0) is 9.59 Å². The third-order valence-corrected chi connectivity index (χ3v) is 2.63. The molecule has 5 heteroatoms. The van der Waals surface area contributed by atoms with E-state index in [0.717, 1.165) is 0 Å². The summed E-state index contributed by atoms with van der Waals surface area (Å²) in [6.07, 6.45) is 0.422. The Labute approximate surface area is 115 Å². The predicted octanol–water partition coefficient (Wildman–Crippen LogP) is 3.15. The molecule has 4 nitrogen and oxygen atoms in total. The van der Waals surface area contributed by atoms with Gasteiger partial charge in [0.2, 0.25) is 11.8 Å².